The maximum absolute atomic E-state index is 12.0. The van der Waals surface area contributed by atoms with Crippen molar-refractivity contribution >= 4 is 46.0 Å². The number of carbonyl (C=O) groups is 1. The van der Waals surface area contributed by atoms with E-state index in [-0.39, 0.29) is 5.91 Å². The van der Waals surface area contributed by atoms with Crippen LogP contribution in [-0.2, 0) is 6.54 Å². The van der Waals surface area contributed by atoms with Crippen LogP contribution in [0.3, 0.4) is 0 Å². The molecule has 4 rings (SSSR count). The van der Waals surface area contributed by atoms with Crippen LogP contribution in [0, 0.1) is 0 Å². The van der Waals surface area contributed by atoms with Crippen molar-refractivity contribution in [3.63, 3.8) is 0 Å². The fourth-order valence-electron chi connectivity index (χ4n) is 2.94. The number of aromatic nitrogens is 1. The molecule has 0 aliphatic rings. The van der Waals surface area contributed by atoms with Crippen LogP contribution < -0.4 is 5.43 Å². The second-order valence-electron chi connectivity index (χ2n) is 6.00. The standard InChI is InChI=1S/C21H16ClN3OS/c22-18-8-3-1-6-15(18)13-25-14-16(17-7-2-4-9-19(17)25)12-23-24-21(26)20-10-5-11-27-20/h1-12,14H,13H2,(H,24,26)/b23-12-. The highest BCUT2D eigenvalue weighted by Crippen LogP contribution is 2.23. The first-order chi connectivity index (χ1) is 13.2. The number of carbonyl (C=O) groups excluding carboxylic acids is 1. The first-order valence-electron chi connectivity index (χ1n) is 8.40. The summed E-state index contributed by atoms with van der Waals surface area (Å²) in [6, 6.07) is 19.5. The second kappa shape index (κ2) is 7.78. The number of nitrogens with zero attached hydrogens (tertiary/aromatic N) is 2. The summed E-state index contributed by atoms with van der Waals surface area (Å²) in [7, 11) is 0. The van der Waals surface area contributed by atoms with Crippen molar-refractivity contribution < 1.29 is 4.79 Å². The molecule has 0 radical (unpaired) electrons. The first-order valence-corrected chi connectivity index (χ1v) is 9.66. The summed E-state index contributed by atoms with van der Waals surface area (Å²) in [5.41, 5.74) is 5.65. The van der Waals surface area contributed by atoms with Crippen molar-refractivity contribution in [2.24, 2.45) is 5.10 Å². The highest BCUT2D eigenvalue weighted by molar-refractivity contribution is 7.12. The van der Waals surface area contributed by atoms with Crippen LogP contribution in [0.2, 0.25) is 5.02 Å². The SMILES string of the molecule is O=C(N/N=C\c1cn(Cc2ccccc2Cl)c2ccccc12)c1cccs1. The Morgan fingerprint density at radius 1 is 1.11 bits per heavy atom. The minimum atomic E-state index is -0.207. The zero-order valence-corrected chi connectivity index (χ0v) is 15.9. The Morgan fingerprint density at radius 3 is 2.74 bits per heavy atom. The van der Waals surface area contributed by atoms with Crippen LogP contribution in [0.4, 0.5) is 0 Å². The Hall–Kier alpha value is -2.89. The third-order valence-electron chi connectivity index (χ3n) is 4.23. The lowest BCUT2D eigenvalue weighted by Crippen LogP contribution is -2.16. The van der Waals surface area contributed by atoms with Gasteiger partial charge < -0.3 is 4.57 Å². The highest BCUT2D eigenvalue weighted by Gasteiger charge is 2.09. The lowest BCUT2D eigenvalue weighted by molar-refractivity contribution is 0.0959. The molecule has 1 amide bonds. The Balaban J connectivity index is 1.61. The molecule has 2 heterocycles. The Bertz CT molecular complexity index is 1120. The molecule has 4 nitrogen and oxygen atoms in total. The number of halogens is 1. The number of benzene rings is 2. The van der Waals surface area contributed by atoms with Gasteiger partial charge in [-0.2, -0.15) is 5.10 Å². The van der Waals surface area contributed by atoms with Gasteiger partial charge in [0.25, 0.3) is 5.91 Å². The molecule has 6 heteroatoms. The molecule has 0 unspecified atom stereocenters. The van der Waals surface area contributed by atoms with Gasteiger partial charge in [0.15, 0.2) is 0 Å². The lowest BCUT2D eigenvalue weighted by Gasteiger charge is -2.07. The molecule has 4 aromatic rings. The average Bonchev–Trinajstić information content (AvgIpc) is 3.33. The monoisotopic (exact) mass is 393 g/mol. The number of para-hydroxylation sites is 1. The second-order valence-corrected chi connectivity index (χ2v) is 7.35. The summed E-state index contributed by atoms with van der Waals surface area (Å²) in [5.74, 6) is -0.207. The van der Waals surface area contributed by atoms with Gasteiger partial charge in [-0.3, -0.25) is 4.79 Å². The molecule has 0 aliphatic heterocycles. The zero-order chi connectivity index (χ0) is 18.6. The molecule has 0 bridgehead atoms. The van der Waals surface area contributed by atoms with Gasteiger partial charge >= 0.3 is 0 Å². The van der Waals surface area contributed by atoms with Gasteiger partial charge in [-0.05, 0) is 29.1 Å². The summed E-state index contributed by atoms with van der Waals surface area (Å²) in [5, 5.41) is 7.80. The van der Waals surface area contributed by atoms with E-state index in [4.69, 9.17) is 11.6 Å². The Labute approximate surface area is 165 Å². The van der Waals surface area contributed by atoms with E-state index >= 15 is 0 Å². The molecule has 2 aromatic carbocycles. The van der Waals surface area contributed by atoms with Gasteiger partial charge in [0, 0.05) is 34.2 Å². The zero-order valence-electron chi connectivity index (χ0n) is 14.3. The molecule has 1 N–H and O–H groups in total. The molecular weight excluding hydrogens is 378 g/mol. The van der Waals surface area contributed by atoms with Crippen molar-refractivity contribution in [2.45, 2.75) is 6.54 Å². The number of rotatable bonds is 5. The number of hydrogen-bond donors (Lipinski definition) is 1. The van der Waals surface area contributed by atoms with E-state index in [1.165, 1.54) is 11.3 Å². The fraction of sp³-hybridized carbons (Fsp3) is 0.0476. The quantitative estimate of drug-likeness (QED) is 0.369. The maximum Gasteiger partial charge on any atom is 0.281 e. The van der Waals surface area contributed by atoms with Crippen LogP contribution in [0.1, 0.15) is 20.8 Å². The molecule has 0 spiro atoms. The normalized spacial score (nSPS) is 11.3. The molecule has 0 saturated carbocycles. The minimum absolute atomic E-state index is 0.207. The van der Waals surface area contributed by atoms with Crippen molar-refractivity contribution in [1.82, 2.24) is 9.99 Å². The van der Waals surface area contributed by atoms with Crippen LogP contribution >= 0.6 is 22.9 Å². The van der Waals surface area contributed by atoms with E-state index in [1.807, 2.05) is 60.1 Å². The van der Waals surface area contributed by atoms with Crippen LogP contribution in [0.15, 0.2) is 77.3 Å². The van der Waals surface area contributed by atoms with Crippen LogP contribution in [0.5, 0.6) is 0 Å². The topological polar surface area (TPSA) is 46.4 Å². The minimum Gasteiger partial charge on any atom is -0.342 e. The van der Waals surface area contributed by atoms with Crippen molar-refractivity contribution in [1.29, 1.82) is 0 Å². The van der Waals surface area contributed by atoms with Gasteiger partial charge in [-0.15, -0.1) is 11.3 Å². The number of hydrogen-bond acceptors (Lipinski definition) is 3. The van der Waals surface area contributed by atoms with Crippen molar-refractivity contribution in [3.8, 4) is 0 Å². The molecule has 134 valence electrons. The third-order valence-corrected chi connectivity index (χ3v) is 5.47. The molecule has 2 aromatic heterocycles. The van der Waals surface area contributed by atoms with Gasteiger partial charge in [0.1, 0.15) is 0 Å². The highest BCUT2D eigenvalue weighted by atomic mass is 35.5. The predicted octanol–water partition coefficient (Wildman–Crippen LogP) is 5.17. The fourth-order valence-corrected chi connectivity index (χ4v) is 3.75. The van der Waals surface area contributed by atoms with E-state index in [0.717, 1.165) is 27.1 Å². The van der Waals surface area contributed by atoms with E-state index < -0.39 is 0 Å². The number of fused-ring (bicyclic) bond motifs is 1. The van der Waals surface area contributed by atoms with Crippen LogP contribution in [-0.4, -0.2) is 16.7 Å². The largest absolute Gasteiger partial charge is 0.342 e. The number of nitrogens with one attached hydrogen (secondary N) is 1. The van der Waals surface area contributed by atoms with Gasteiger partial charge in [-0.25, -0.2) is 5.43 Å². The molecule has 27 heavy (non-hydrogen) atoms. The van der Waals surface area contributed by atoms with Crippen molar-refractivity contribution in [3.05, 3.63) is 93.3 Å². The third kappa shape index (κ3) is 3.79. The smallest absolute Gasteiger partial charge is 0.281 e. The maximum atomic E-state index is 12.0. The van der Waals surface area contributed by atoms with Crippen LogP contribution in [0.25, 0.3) is 10.9 Å². The average molecular weight is 394 g/mol. The summed E-state index contributed by atoms with van der Waals surface area (Å²) in [6.45, 7) is 0.662. The lowest BCUT2D eigenvalue weighted by atomic mass is 10.2. The molecule has 0 saturated heterocycles. The molecule has 0 atom stereocenters. The van der Waals surface area contributed by atoms with Gasteiger partial charge in [0.05, 0.1) is 11.1 Å². The molecular formula is C21H16ClN3OS. The number of amides is 1. The summed E-state index contributed by atoms with van der Waals surface area (Å²) >= 11 is 7.70. The first kappa shape index (κ1) is 17.5. The Kier molecular flexibility index (Phi) is 5.05. The molecule has 0 fully saturated rings. The number of hydrazone groups is 1. The van der Waals surface area contributed by atoms with E-state index in [1.54, 1.807) is 12.3 Å². The molecule has 0 aliphatic carbocycles. The summed E-state index contributed by atoms with van der Waals surface area (Å²) < 4.78 is 2.14. The van der Waals surface area contributed by atoms with Gasteiger partial charge in [-0.1, -0.05) is 54.1 Å². The van der Waals surface area contributed by atoms with E-state index in [9.17, 15) is 4.79 Å². The van der Waals surface area contributed by atoms with Crippen molar-refractivity contribution in [2.75, 3.05) is 0 Å². The Morgan fingerprint density at radius 2 is 1.93 bits per heavy atom. The van der Waals surface area contributed by atoms with E-state index in [0.29, 0.717) is 11.4 Å². The summed E-state index contributed by atoms with van der Waals surface area (Å²) in [6.07, 6.45) is 3.70. The number of thiophene rings is 1. The summed E-state index contributed by atoms with van der Waals surface area (Å²) in [4.78, 5) is 12.6. The van der Waals surface area contributed by atoms with Gasteiger partial charge in [0.2, 0.25) is 0 Å². The van der Waals surface area contributed by atoms with E-state index in [2.05, 4.69) is 21.2 Å². The predicted molar refractivity (Wildman–Crippen MR) is 112 cm³/mol.